The third kappa shape index (κ3) is 2.36. The van der Waals surface area contributed by atoms with Crippen LogP contribution in [0, 0.1) is 0 Å². The number of hydrogen-bond acceptors (Lipinski definition) is 4. The summed E-state index contributed by atoms with van der Waals surface area (Å²) < 4.78 is 11.6. The average Bonchev–Trinajstić information content (AvgIpc) is 2.97. The van der Waals surface area contributed by atoms with E-state index in [-0.39, 0.29) is 25.2 Å². The number of halogens is 2. The Morgan fingerprint density at radius 3 is 2.67 bits per heavy atom. The van der Waals surface area contributed by atoms with E-state index in [1.54, 1.807) is 11.3 Å². The molecule has 0 spiro atoms. The number of ether oxygens (including phenoxy) is 2. The molecule has 0 saturated carbocycles. The Morgan fingerprint density at radius 2 is 2.00 bits per heavy atom. The summed E-state index contributed by atoms with van der Waals surface area (Å²) in [7, 11) is 0. The van der Waals surface area contributed by atoms with Gasteiger partial charge in [-0.25, -0.2) is 0 Å². The van der Waals surface area contributed by atoms with Gasteiger partial charge in [0.25, 0.3) is 0 Å². The van der Waals surface area contributed by atoms with Gasteiger partial charge in [-0.1, -0.05) is 15.9 Å². The molecule has 0 radical (unpaired) electrons. The first-order chi connectivity index (χ1) is 8.25. The fourth-order valence-electron chi connectivity index (χ4n) is 1.80. The van der Waals surface area contributed by atoms with E-state index >= 15 is 0 Å². The second-order valence-corrected chi connectivity index (χ2v) is 5.40. The summed E-state index contributed by atoms with van der Waals surface area (Å²) in [6, 6.07) is 5.73. The van der Waals surface area contributed by atoms with E-state index in [4.69, 9.17) is 15.2 Å². The molecule has 1 aliphatic heterocycles. The van der Waals surface area contributed by atoms with Gasteiger partial charge < -0.3 is 15.2 Å². The molecule has 0 bridgehead atoms. The summed E-state index contributed by atoms with van der Waals surface area (Å²) >= 11 is 5.17. The second-order valence-electron chi connectivity index (χ2n) is 3.76. The third-order valence-electron chi connectivity index (χ3n) is 2.73. The van der Waals surface area contributed by atoms with Crippen LogP contribution in [0.1, 0.15) is 17.2 Å². The van der Waals surface area contributed by atoms with Gasteiger partial charge in [-0.3, -0.25) is 0 Å². The minimum absolute atomic E-state index is 0. The molecule has 18 heavy (non-hydrogen) atoms. The molecule has 0 saturated heterocycles. The monoisotopic (exact) mass is 347 g/mol. The van der Waals surface area contributed by atoms with Crippen molar-refractivity contribution < 1.29 is 9.47 Å². The Morgan fingerprint density at radius 1 is 1.28 bits per heavy atom. The van der Waals surface area contributed by atoms with Crippen molar-refractivity contribution in [2.75, 3.05) is 6.79 Å². The molecule has 1 aromatic carbocycles. The van der Waals surface area contributed by atoms with Gasteiger partial charge in [0.1, 0.15) is 0 Å². The Hall–Kier alpha value is -0.750. The Kier molecular flexibility index (Phi) is 4.17. The van der Waals surface area contributed by atoms with Crippen LogP contribution in [-0.2, 0) is 0 Å². The molecule has 0 unspecified atom stereocenters. The van der Waals surface area contributed by atoms with Gasteiger partial charge in [0.05, 0.1) is 6.04 Å². The smallest absolute Gasteiger partial charge is 0.231 e. The second kappa shape index (κ2) is 5.48. The topological polar surface area (TPSA) is 44.5 Å². The molecule has 1 atom stereocenters. The Balaban J connectivity index is 0.00000120. The van der Waals surface area contributed by atoms with Crippen molar-refractivity contribution in [1.82, 2.24) is 0 Å². The van der Waals surface area contributed by atoms with Gasteiger partial charge in [0.15, 0.2) is 11.5 Å². The van der Waals surface area contributed by atoms with Crippen molar-refractivity contribution in [3.63, 3.8) is 0 Å². The van der Waals surface area contributed by atoms with Gasteiger partial charge in [-0.15, -0.1) is 12.4 Å². The lowest BCUT2D eigenvalue weighted by atomic mass is 10.0. The van der Waals surface area contributed by atoms with E-state index in [1.807, 2.05) is 23.6 Å². The first kappa shape index (κ1) is 13.7. The van der Waals surface area contributed by atoms with Crippen molar-refractivity contribution in [3.8, 4) is 11.5 Å². The highest BCUT2D eigenvalue weighted by Crippen LogP contribution is 2.39. The lowest BCUT2D eigenvalue weighted by Crippen LogP contribution is -2.11. The fourth-order valence-corrected chi connectivity index (χ4v) is 3.07. The van der Waals surface area contributed by atoms with Crippen LogP contribution in [0.25, 0.3) is 0 Å². The third-order valence-corrected chi connectivity index (χ3v) is 4.12. The van der Waals surface area contributed by atoms with E-state index in [0.29, 0.717) is 0 Å². The van der Waals surface area contributed by atoms with E-state index < -0.39 is 0 Å². The van der Waals surface area contributed by atoms with Gasteiger partial charge in [0.2, 0.25) is 6.79 Å². The largest absolute Gasteiger partial charge is 0.454 e. The van der Waals surface area contributed by atoms with Crippen molar-refractivity contribution in [3.05, 3.63) is 44.6 Å². The van der Waals surface area contributed by atoms with Crippen LogP contribution in [0.3, 0.4) is 0 Å². The Bertz CT molecular complexity index is 547. The molecular weight excluding hydrogens is 338 g/mol. The maximum absolute atomic E-state index is 6.24. The number of hydrogen-bond donors (Lipinski definition) is 1. The number of fused-ring (bicyclic) bond motifs is 1. The van der Waals surface area contributed by atoms with Gasteiger partial charge in [-0.2, -0.15) is 11.3 Å². The van der Waals surface area contributed by atoms with E-state index in [9.17, 15) is 0 Å². The highest BCUT2D eigenvalue weighted by molar-refractivity contribution is 9.10. The van der Waals surface area contributed by atoms with Crippen LogP contribution in [0.4, 0.5) is 0 Å². The molecule has 2 heterocycles. The maximum atomic E-state index is 6.24. The normalized spacial score (nSPS) is 14.1. The van der Waals surface area contributed by atoms with E-state index in [1.165, 1.54) is 0 Å². The summed E-state index contributed by atoms with van der Waals surface area (Å²) in [6.07, 6.45) is 0. The first-order valence-corrected chi connectivity index (χ1v) is 6.86. The van der Waals surface area contributed by atoms with Crippen molar-refractivity contribution in [2.24, 2.45) is 5.73 Å². The van der Waals surface area contributed by atoms with Gasteiger partial charge in [0, 0.05) is 4.47 Å². The van der Waals surface area contributed by atoms with Crippen LogP contribution in [0.5, 0.6) is 11.5 Å². The fraction of sp³-hybridized carbons (Fsp3) is 0.167. The zero-order valence-electron chi connectivity index (χ0n) is 9.26. The van der Waals surface area contributed by atoms with Crippen molar-refractivity contribution in [2.45, 2.75) is 6.04 Å². The van der Waals surface area contributed by atoms with Crippen molar-refractivity contribution in [1.29, 1.82) is 0 Å². The molecule has 2 N–H and O–H groups in total. The van der Waals surface area contributed by atoms with E-state index in [0.717, 1.165) is 27.1 Å². The van der Waals surface area contributed by atoms with Crippen LogP contribution in [0.15, 0.2) is 33.4 Å². The molecule has 1 aliphatic rings. The molecule has 0 fully saturated rings. The standard InChI is InChI=1S/C12H10BrNO2S.ClH/c13-9-4-11-10(15-6-16-11)3-8(9)12(14)7-1-2-17-5-7;/h1-5,12H,6,14H2;1H/t12-;/m0./s1. The predicted octanol–water partition coefficient (Wildman–Crippen LogP) is 3.71. The van der Waals surface area contributed by atoms with Crippen LogP contribution in [-0.4, -0.2) is 6.79 Å². The van der Waals surface area contributed by atoms with Crippen LogP contribution in [0.2, 0.25) is 0 Å². The van der Waals surface area contributed by atoms with E-state index in [2.05, 4.69) is 21.3 Å². The lowest BCUT2D eigenvalue weighted by Gasteiger charge is -2.13. The van der Waals surface area contributed by atoms with Crippen LogP contribution >= 0.6 is 39.7 Å². The molecule has 6 heteroatoms. The number of rotatable bonds is 2. The minimum atomic E-state index is -0.148. The number of thiophene rings is 1. The summed E-state index contributed by atoms with van der Waals surface area (Å²) in [4.78, 5) is 0. The highest BCUT2D eigenvalue weighted by atomic mass is 79.9. The molecule has 96 valence electrons. The van der Waals surface area contributed by atoms with Gasteiger partial charge in [-0.05, 0) is 40.1 Å². The highest BCUT2D eigenvalue weighted by Gasteiger charge is 2.20. The lowest BCUT2D eigenvalue weighted by molar-refractivity contribution is 0.174. The predicted molar refractivity (Wildman–Crippen MR) is 77.9 cm³/mol. The molecule has 3 nitrogen and oxygen atoms in total. The first-order valence-electron chi connectivity index (χ1n) is 5.12. The molecule has 3 rings (SSSR count). The quantitative estimate of drug-likeness (QED) is 0.900. The Labute approximate surface area is 123 Å². The molecule has 1 aromatic heterocycles. The van der Waals surface area contributed by atoms with Gasteiger partial charge >= 0.3 is 0 Å². The molecule has 0 amide bonds. The minimum Gasteiger partial charge on any atom is -0.454 e. The molecule has 2 aromatic rings. The summed E-state index contributed by atoms with van der Waals surface area (Å²) in [6.45, 7) is 0.277. The number of nitrogens with two attached hydrogens (primary N) is 1. The zero-order valence-corrected chi connectivity index (χ0v) is 12.5. The maximum Gasteiger partial charge on any atom is 0.231 e. The molecule has 0 aliphatic carbocycles. The zero-order chi connectivity index (χ0) is 11.8. The average molecular weight is 349 g/mol. The summed E-state index contributed by atoms with van der Waals surface area (Å²) in [5.41, 5.74) is 8.35. The summed E-state index contributed by atoms with van der Waals surface area (Å²) in [5.74, 6) is 1.52. The summed E-state index contributed by atoms with van der Waals surface area (Å²) in [5, 5.41) is 4.08. The number of benzene rings is 1. The molecular formula is C12H11BrClNO2S. The SMILES string of the molecule is Cl.N[C@@H](c1ccsc1)c1cc2c(cc1Br)OCO2. The van der Waals surface area contributed by atoms with Crippen molar-refractivity contribution >= 4 is 39.7 Å². The van der Waals surface area contributed by atoms with Crippen LogP contribution < -0.4 is 15.2 Å².